The van der Waals surface area contributed by atoms with Crippen LogP contribution in [0.4, 0.5) is 11.9 Å². The predicted octanol–water partition coefficient (Wildman–Crippen LogP) is 0.810. The van der Waals surface area contributed by atoms with Gasteiger partial charge < -0.3 is 16.4 Å². The van der Waals surface area contributed by atoms with E-state index >= 15 is 0 Å². The standard InChI is InChI=1S/C19H24N8O2/c20-13-3-1-2-4-14(13)23-18-25-16-11(7-10-8-15(28)24-17(10)29)9-21-27(16)19(26-18)22-12-5-6-12/h7,9,12-14H,1-6,8,20H2,(H,24,28,29)(H2,22,23,25,26)/b10-7+. The van der Waals surface area contributed by atoms with E-state index in [1.807, 2.05) is 0 Å². The molecule has 10 nitrogen and oxygen atoms in total. The van der Waals surface area contributed by atoms with Crippen LogP contribution in [-0.2, 0) is 9.59 Å². The van der Waals surface area contributed by atoms with E-state index in [2.05, 4.69) is 31.0 Å². The fraction of sp³-hybridized carbons (Fsp3) is 0.526. The van der Waals surface area contributed by atoms with E-state index in [1.54, 1.807) is 16.8 Å². The van der Waals surface area contributed by atoms with Crippen LogP contribution >= 0.6 is 0 Å². The van der Waals surface area contributed by atoms with Crippen LogP contribution in [0.15, 0.2) is 11.8 Å². The average molecular weight is 396 g/mol. The Morgan fingerprint density at radius 1 is 1.14 bits per heavy atom. The summed E-state index contributed by atoms with van der Waals surface area (Å²) >= 11 is 0. The molecule has 29 heavy (non-hydrogen) atoms. The zero-order chi connectivity index (χ0) is 20.0. The smallest absolute Gasteiger partial charge is 0.254 e. The molecule has 1 aliphatic heterocycles. The Kier molecular flexibility index (Phi) is 4.42. The molecule has 2 atom stereocenters. The number of nitrogens with two attached hydrogens (primary N) is 1. The second-order valence-corrected chi connectivity index (χ2v) is 8.05. The molecule has 2 aliphatic carbocycles. The Bertz CT molecular complexity index is 1010. The highest BCUT2D eigenvalue weighted by molar-refractivity contribution is 6.15. The van der Waals surface area contributed by atoms with Gasteiger partial charge in [-0.05, 0) is 31.8 Å². The average Bonchev–Trinajstić information content (AvgIpc) is 3.33. The first kappa shape index (κ1) is 18.0. The molecule has 2 saturated carbocycles. The summed E-state index contributed by atoms with van der Waals surface area (Å²) < 4.78 is 1.64. The summed E-state index contributed by atoms with van der Waals surface area (Å²) in [5, 5.41) is 13.5. The second kappa shape index (κ2) is 7.11. The molecule has 0 spiro atoms. The van der Waals surface area contributed by atoms with Crippen molar-refractivity contribution in [3.8, 4) is 0 Å². The molecule has 2 unspecified atom stereocenters. The summed E-state index contributed by atoms with van der Waals surface area (Å²) in [6, 6.07) is 0.591. The highest BCUT2D eigenvalue weighted by Gasteiger charge is 2.27. The number of carbonyl (C=O) groups is 2. The van der Waals surface area contributed by atoms with Crippen LogP contribution in [0.3, 0.4) is 0 Å². The van der Waals surface area contributed by atoms with Crippen LogP contribution < -0.4 is 21.7 Å². The molecule has 0 bridgehead atoms. The molecule has 1 saturated heterocycles. The molecule has 2 aromatic rings. The lowest BCUT2D eigenvalue weighted by atomic mass is 9.91. The van der Waals surface area contributed by atoms with Gasteiger partial charge in [0.25, 0.3) is 5.91 Å². The summed E-state index contributed by atoms with van der Waals surface area (Å²) in [5.74, 6) is 0.444. The summed E-state index contributed by atoms with van der Waals surface area (Å²) in [7, 11) is 0. The maximum Gasteiger partial charge on any atom is 0.254 e. The SMILES string of the molecule is NC1CCCCC1Nc1nc(NC2CC2)n2ncc(/C=C3\CC(=O)NC3=O)c2n1. The molecule has 2 aromatic heterocycles. The van der Waals surface area contributed by atoms with Gasteiger partial charge in [0.1, 0.15) is 0 Å². The first-order valence-electron chi connectivity index (χ1n) is 10.2. The maximum atomic E-state index is 11.9. The van der Waals surface area contributed by atoms with Crippen molar-refractivity contribution in [3.63, 3.8) is 0 Å². The van der Waals surface area contributed by atoms with Crippen molar-refractivity contribution in [2.45, 2.75) is 63.1 Å². The molecule has 3 aliphatic rings. The van der Waals surface area contributed by atoms with Crippen LogP contribution in [0.1, 0.15) is 50.5 Å². The normalized spacial score (nSPS) is 26.2. The molecular formula is C19H24N8O2. The summed E-state index contributed by atoms with van der Waals surface area (Å²) in [4.78, 5) is 32.7. The van der Waals surface area contributed by atoms with Crippen molar-refractivity contribution in [2.75, 3.05) is 10.6 Å². The summed E-state index contributed by atoms with van der Waals surface area (Å²) in [5.41, 5.74) is 7.93. The fourth-order valence-electron chi connectivity index (χ4n) is 3.88. The number of rotatable bonds is 5. The largest absolute Gasteiger partial charge is 0.351 e. The minimum absolute atomic E-state index is 0.0659. The van der Waals surface area contributed by atoms with Crippen LogP contribution in [0.2, 0.25) is 0 Å². The monoisotopic (exact) mass is 396 g/mol. The number of amides is 2. The Morgan fingerprint density at radius 2 is 1.97 bits per heavy atom. The Labute approximate surface area is 167 Å². The molecule has 5 rings (SSSR count). The van der Waals surface area contributed by atoms with Crippen molar-refractivity contribution in [3.05, 3.63) is 17.3 Å². The Morgan fingerprint density at radius 3 is 2.69 bits per heavy atom. The van der Waals surface area contributed by atoms with Gasteiger partial charge in [0, 0.05) is 29.3 Å². The predicted molar refractivity (Wildman–Crippen MR) is 107 cm³/mol. The molecule has 152 valence electrons. The van der Waals surface area contributed by atoms with Crippen molar-refractivity contribution in [2.24, 2.45) is 5.73 Å². The highest BCUT2D eigenvalue weighted by Crippen LogP contribution is 2.27. The van der Waals surface area contributed by atoms with Gasteiger partial charge in [-0.15, -0.1) is 0 Å². The quantitative estimate of drug-likeness (QED) is 0.430. The summed E-state index contributed by atoms with van der Waals surface area (Å²) in [6.45, 7) is 0. The van der Waals surface area contributed by atoms with Crippen LogP contribution in [0, 0.1) is 0 Å². The number of nitrogens with zero attached hydrogens (tertiary/aromatic N) is 4. The van der Waals surface area contributed by atoms with Crippen LogP contribution in [0.25, 0.3) is 11.7 Å². The number of aromatic nitrogens is 4. The first-order chi connectivity index (χ1) is 14.1. The van der Waals surface area contributed by atoms with Gasteiger partial charge in [-0.2, -0.15) is 19.6 Å². The lowest BCUT2D eigenvalue weighted by Crippen LogP contribution is -2.43. The van der Waals surface area contributed by atoms with Gasteiger partial charge in [0.15, 0.2) is 5.65 Å². The van der Waals surface area contributed by atoms with E-state index < -0.39 is 0 Å². The van der Waals surface area contributed by atoms with E-state index in [-0.39, 0.29) is 30.3 Å². The first-order valence-corrected chi connectivity index (χ1v) is 10.2. The molecular weight excluding hydrogens is 372 g/mol. The van der Waals surface area contributed by atoms with E-state index in [9.17, 15) is 9.59 Å². The zero-order valence-electron chi connectivity index (χ0n) is 16.0. The minimum Gasteiger partial charge on any atom is -0.351 e. The van der Waals surface area contributed by atoms with Crippen molar-refractivity contribution < 1.29 is 9.59 Å². The van der Waals surface area contributed by atoms with Crippen molar-refractivity contribution in [1.82, 2.24) is 24.9 Å². The third kappa shape index (κ3) is 3.67. The lowest BCUT2D eigenvalue weighted by molar-refractivity contribution is -0.124. The molecule has 3 heterocycles. The van der Waals surface area contributed by atoms with E-state index in [0.29, 0.717) is 34.7 Å². The molecule has 2 amide bonds. The Balaban J connectivity index is 1.52. The zero-order valence-corrected chi connectivity index (χ0v) is 16.0. The molecule has 0 radical (unpaired) electrons. The highest BCUT2D eigenvalue weighted by atomic mass is 16.2. The lowest BCUT2D eigenvalue weighted by Gasteiger charge is -2.29. The number of hydrogen-bond donors (Lipinski definition) is 4. The van der Waals surface area contributed by atoms with E-state index in [4.69, 9.17) is 5.73 Å². The Hall–Kier alpha value is -3.01. The van der Waals surface area contributed by atoms with Crippen LogP contribution in [0.5, 0.6) is 0 Å². The van der Waals surface area contributed by atoms with Gasteiger partial charge >= 0.3 is 0 Å². The van der Waals surface area contributed by atoms with Gasteiger partial charge in [-0.25, -0.2) is 0 Å². The second-order valence-electron chi connectivity index (χ2n) is 8.05. The van der Waals surface area contributed by atoms with Gasteiger partial charge in [0.2, 0.25) is 17.8 Å². The third-order valence-electron chi connectivity index (χ3n) is 5.67. The molecule has 0 aromatic carbocycles. The topological polar surface area (TPSA) is 139 Å². The van der Waals surface area contributed by atoms with Crippen molar-refractivity contribution in [1.29, 1.82) is 0 Å². The maximum absolute atomic E-state index is 11.9. The molecule has 3 fully saturated rings. The summed E-state index contributed by atoms with van der Waals surface area (Å²) in [6.07, 6.45) is 9.83. The number of nitrogens with one attached hydrogen (secondary N) is 3. The van der Waals surface area contributed by atoms with E-state index in [1.165, 1.54) is 0 Å². The van der Waals surface area contributed by atoms with Gasteiger partial charge in [0.05, 0.1) is 12.6 Å². The van der Waals surface area contributed by atoms with Gasteiger partial charge in [-0.1, -0.05) is 12.8 Å². The van der Waals surface area contributed by atoms with E-state index in [0.717, 1.165) is 38.5 Å². The molecule has 10 heteroatoms. The van der Waals surface area contributed by atoms with Crippen molar-refractivity contribution >= 4 is 35.4 Å². The number of fused-ring (bicyclic) bond motifs is 1. The number of carbonyl (C=O) groups excluding carboxylic acids is 2. The number of anilines is 2. The van der Waals surface area contributed by atoms with Crippen LogP contribution in [-0.4, -0.2) is 49.5 Å². The fourth-order valence-corrected chi connectivity index (χ4v) is 3.88. The number of hydrogen-bond acceptors (Lipinski definition) is 8. The van der Waals surface area contributed by atoms with Gasteiger partial charge in [-0.3, -0.25) is 14.9 Å². The molecule has 5 N–H and O–H groups in total. The minimum atomic E-state index is -0.369. The third-order valence-corrected chi connectivity index (χ3v) is 5.67. The number of imide groups is 1.